The number of ether oxygens (including phenoxy) is 1. The minimum absolute atomic E-state index is 0.0916. The molecule has 0 aromatic heterocycles. The van der Waals surface area contributed by atoms with Crippen molar-refractivity contribution in [2.45, 2.75) is 85.2 Å². The summed E-state index contributed by atoms with van der Waals surface area (Å²) in [6.07, 6.45) is 4.27. The van der Waals surface area contributed by atoms with Crippen molar-refractivity contribution < 1.29 is 20.1 Å². The largest absolute Gasteiger partial charge is 0.489 e. The van der Waals surface area contributed by atoms with E-state index in [2.05, 4.69) is 44.2 Å². The number of aryl methyl sites for hydroxylation is 2. The second kappa shape index (κ2) is 12.3. The van der Waals surface area contributed by atoms with Crippen molar-refractivity contribution in [1.82, 2.24) is 0 Å². The van der Waals surface area contributed by atoms with Crippen molar-refractivity contribution in [2.24, 2.45) is 0 Å². The molecule has 0 unspecified atom stereocenters. The SMILES string of the molecule is CCCc1cc(C(O)(CC)CC)ccc1-c1cc(OCc2ccc(CO)c(CO)c2)ccc1CC. The van der Waals surface area contributed by atoms with Crippen LogP contribution in [0.4, 0.5) is 0 Å². The van der Waals surface area contributed by atoms with Gasteiger partial charge in [-0.15, -0.1) is 0 Å². The van der Waals surface area contributed by atoms with E-state index >= 15 is 0 Å². The van der Waals surface area contributed by atoms with Gasteiger partial charge in [0.25, 0.3) is 0 Å². The first-order chi connectivity index (χ1) is 16.9. The molecule has 3 aromatic carbocycles. The highest BCUT2D eigenvalue weighted by molar-refractivity contribution is 5.73. The molecule has 0 bridgehead atoms. The van der Waals surface area contributed by atoms with Gasteiger partial charge in [0.15, 0.2) is 0 Å². The van der Waals surface area contributed by atoms with Gasteiger partial charge in [0.1, 0.15) is 12.4 Å². The Morgan fingerprint density at radius 1 is 0.714 bits per heavy atom. The molecule has 3 aromatic rings. The number of hydrogen-bond donors (Lipinski definition) is 3. The summed E-state index contributed by atoms with van der Waals surface area (Å²) in [6.45, 7) is 8.60. The van der Waals surface area contributed by atoms with Crippen LogP contribution in [-0.2, 0) is 38.3 Å². The first-order valence-electron chi connectivity index (χ1n) is 12.9. The Morgan fingerprint density at radius 3 is 2.06 bits per heavy atom. The predicted molar refractivity (Wildman–Crippen MR) is 142 cm³/mol. The highest BCUT2D eigenvalue weighted by atomic mass is 16.5. The Hall–Kier alpha value is -2.66. The van der Waals surface area contributed by atoms with Crippen molar-refractivity contribution >= 4 is 0 Å². The summed E-state index contributed by atoms with van der Waals surface area (Å²) in [6, 6.07) is 18.3. The van der Waals surface area contributed by atoms with Crippen molar-refractivity contribution in [2.75, 3.05) is 0 Å². The average molecular weight is 477 g/mol. The van der Waals surface area contributed by atoms with E-state index in [9.17, 15) is 15.3 Å². The molecular formula is C31H40O4. The van der Waals surface area contributed by atoms with Crippen LogP contribution < -0.4 is 4.74 Å². The molecule has 0 spiro atoms. The third kappa shape index (κ3) is 6.13. The lowest BCUT2D eigenvalue weighted by molar-refractivity contribution is 0.0283. The van der Waals surface area contributed by atoms with Gasteiger partial charge in [-0.05, 0) is 88.4 Å². The molecule has 0 aliphatic heterocycles. The first kappa shape index (κ1) is 26.9. The van der Waals surface area contributed by atoms with Crippen molar-refractivity contribution in [3.8, 4) is 16.9 Å². The molecule has 35 heavy (non-hydrogen) atoms. The minimum Gasteiger partial charge on any atom is -0.489 e. The third-order valence-corrected chi connectivity index (χ3v) is 7.10. The van der Waals surface area contributed by atoms with Gasteiger partial charge in [-0.2, -0.15) is 0 Å². The Balaban J connectivity index is 1.95. The molecule has 3 rings (SSSR count). The molecule has 0 heterocycles. The van der Waals surface area contributed by atoms with Gasteiger partial charge >= 0.3 is 0 Å². The summed E-state index contributed by atoms with van der Waals surface area (Å²) in [5.74, 6) is 0.791. The van der Waals surface area contributed by atoms with E-state index in [4.69, 9.17) is 4.74 Å². The molecule has 0 saturated heterocycles. The highest BCUT2D eigenvalue weighted by Crippen LogP contribution is 2.36. The molecule has 0 aliphatic carbocycles. The molecule has 0 atom stereocenters. The van der Waals surface area contributed by atoms with Gasteiger partial charge in [-0.3, -0.25) is 0 Å². The van der Waals surface area contributed by atoms with Crippen LogP contribution in [-0.4, -0.2) is 15.3 Å². The Labute approximate surface area is 210 Å². The first-order valence-corrected chi connectivity index (χ1v) is 12.9. The zero-order valence-electron chi connectivity index (χ0n) is 21.6. The fraction of sp³-hybridized carbons (Fsp3) is 0.419. The third-order valence-electron chi connectivity index (χ3n) is 7.10. The normalized spacial score (nSPS) is 11.6. The van der Waals surface area contributed by atoms with Crippen molar-refractivity contribution in [3.05, 3.63) is 88.0 Å². The Bertz CT molecular complexity index is 1110. The van der Waals surface area contributed by atoms with E-state index in [0.717, 1.165) is 47.3 Å². The maximum atomic E-state index is 11.1. The summed E-state index contributed by atoms with van der Waals surface area (Å²) in [5, 5.41) is 30.1. The van der Waals surface area contributed by atoms with E-state index < -0.39 is 5.60 Å². The van der Waals surface area contributed by atoms with E-state index in [-0.39, 0.29) is 13.2 Å². The predicted octanol–water partition coefficient (Wildman–Crippen LogP) is 6.44. The van der Waals surface area contributed by atoms with Crippen LogP contribution in [0.15, 0.2) is 54.6 Å². The van der Waals surface area contributed by atoms with Gasteiger partial charge in [0.05, 0.1) is 18.8 Å². The van der Waals surface area contributed by atoms with Gasteiger partial charge in [0, 0.05) is 0 Å². The van der Waals surface area contributed by atoms with Crippen LogP contribution in [0, 0.1) is 0 Å². The van der Waals surface area contributed by atoms with Gasteiger partial charge in [-0.25, -0.2) is 0 Å². The summed E-state index contributed by atoms with van der Waals surface area (Å²) in [7, 11) is 0. The van der Waals surface area contributed by atoms with E-state index in [1.807, 2.05) is 38.1 Å². The Kier molecular flexibility index (Phi) is 9.50. The van der Waals surface area contributed by atoms with E-state index in [1.165, 1.54) is 22.3 Å². The maximum absolute atomic E-state index is 11.1. The standard InChI is InChI=1S/C31H40O4/c1-5-9-24-17-27(31(34,7-3)8-4)13-15-29(24)30-18-28(14-12-23(30)6-2)35-21-22-10-11-25(19-32)26(16-22)20-33/h10-18,32-34H,5-9,19-21H2,1-4H3. The van der Waals surface area contributed by atoms with E-state index in [0.29, 0.717) is 19.4 Å². The second-order valence-electron chi connectivity index (χ2n) is 9.24. The number of rotatable bonds is 12. The number of hydrogen-bond acceptors (Lipinski definition) is 4. The van der Waals surface area contributed by atoms with Crippen LogP contribution in [0.2, 0.25) is 0 Å². The minimum atomic E-state index is -0.793. The highest BCUT2D eigenvalue weighted by Gasteiger charge is 2.25. The van der Waals surface area contributed by atoms with Crippen LogP contribution in [0.1, 0.15) is 80.3 Å². The molecule has 4 heteroatoms. The maximum Gasteiger partial charge on any atom is 0.120 e. The molecular weight excluding hydrogens is 436 g/mol. The second-order valence-corrected chi connectivity index (χ2v) is 9.24. The summed E-state index contributed by atoms with van der Waals surface area (Å²) in [4.78, 5) is 0. The fourth-order valence-corrected chi connectivity index (χ4v) is 4.72. The van der Waals surface area contributed by atoms with E-state index in [1.54, 1.807) is 0 Å². The summed E-state index contributed by atoms with van der Waals surface area (Å²) in [5.41, 5.74) is 7.48. The lowest BCUT2D eigenvalue weighted by atomic mass is 9.84. The van der Waals surface area contributed by atoms with Crippen LogP contribution >= 0.6 is 0 Å². The molecule has 0 amide bonds. The lowest BCUT2D eigenvalue weighted by Gasteiger charge is -2.27. The summed E-state index contributed by atoms with van der Waals surface area (Å²) >= 11 is 0. The fourth-order valence-electron chi connectivity index (χ4n) is 4.72. The quantitative estimate of drug-likeness (QED) is 0.281. The van der Waals surface area contributed by atoms with Crippen LogP contribution in [0.25, 0.3) is 11.1 Å². The van der Waals surface area contributed by atoms with Crippen LogP contribution in [0.3, 0.4) is 0 Å². The topological polar surface area (TPSA) is 69.9 Å². The van der Waals surface area contributed by atoms with Crippen LogP contribution in [0.5, 0.6) is 5.75 Å². The van der Waals surface area contributed by atoms with Crippen molar-refractivity contribution in [3.63, 3.8) is 0 Å². The zero-order valence-corrected chi connectivity index (χ0v) is 21.6. The molecule has 0 aliphatic rings. The molecule has 0 saturated carbocycles. The Morgan fingerprint density at radius 2 is 1.43 bits per heavy atom. The number of aliphatic hydroxyl groups excluding tert-OH is 2. The molecule has 188 valence electrons. The summed E-state index contributed by atoms with van der Waals surface area (Å²) < 4.78 is 6.16. The zero-order chi connectivity index (χ0) is 25.4. The smallest absolute Gasteiger partial charge is 0.120 e. The lowest BCUT2D eigenvalue weighted by Crippen LogP contribution is -2.23. The van der Waals surface area contributed by atoms with Gasteiger partial charge in [0.2, 0.25) is 0 Å². The molecule has 0 radical (unpaired) electrons. The molecule has 3 N–H and O–H groups in total. The van der Waals surface area contributed by atoms with Gasteiger partial charge in [-0.1, -0.05) is 70.5 Å². The molecule has 0 fully saturated rings. The van der Waals surface area contributed by atoms with Crippen molar-refractivity contribution in [1.29, 1.82) is 0 Å². The molecule has 4 nitrogen and oxygen atoms in total. The van der Waals surface area contributed by atoms with Gasteiger partial charge < -0.3 is 20.1 Å². The average Bonchev–Trinajstić information content (AvgIpc) is 2.91. The number of aliphatic hydroxyl groups is 3. The monoisotopic (exact) mass is 476 g/mol. The number of benzene rings is 3.